The number of hydrogen-bond donors (Lipinski definition) is 2. The Morgan fingerprint density at radius 3 is 2.59 bits per heavy atom. The summed E-state index contributed by atoms with van der Waals surface area (Å²) in [6.07, 6.45) is 2.54. The van der Waals surface area contributed by atoms with E-state index in [1.54, 1.807) is 10.6 Å². The van der Waals surface area contributed by atoms with E-state index >= 15 is 0 Å². The third-order valence-electron chi connectivity index (χ3n) is 5.61. The van der Waals surface area contributed by atoms with E-state index in [0.717, 1.165) is 11.1 Å². The molecule has 0 atom stereocenters. The number of hydrogen-bond acceptors (Lipinski definition) is 6. The summed E-state index contributed by atoms with van der Waals surface area (Å²) >= 11 is 11.3. The van der Waals surface area contributed by atoms with Crippen molar-refractivity contribution < 1.29 is 24.2 Å². The van der Waals surface area contributed by atoms with Crippen LogP contribution in [0.2, 0.25) is 0 Å². The number of allylic oxidation sites excluding steroid dienone is 1. The molecule has 0 fully saturated rings. The molecule has 4 rings (SSSR count). The Bertz CT molecular complexity index is 1530. The van der Waals surface area contributed by atoms with Crippen molar-refractivity contribution in [3.05, 3.63) is 68.2 Å². The maximum atomic E-state index is 13.2. The summed E-state index contributed by atoms with van der Waals surface area (Å²) in [4.78, 5) is 41.2. The van der Waals surface area contributed by atoms with Gasteiger partial charge in [-0.15, -0.1) is 0 Å². The second kappa shape index (κ2) is 11.1. The molecule has 1 amide bonds. The Kier molecular flexibility index (Phi) is 7.85. The summed E-state index contributed by atoms with van der Waals surface area (Å²) in [5, 5.41) is 10.3. The minimum atomic E-state index is -1.52. The number of para-hydroxylation sites is 1. The van der Waals surface area contributed by atoms with E-state index in [9.17, 15) is 14.4 Å². The van der Waals surface area contributed by atoms with Crippen molar-refractivity contribution in [2.24, 2.45) is 0 Å². The molecule has 2 aromatic carbocycles. The molecule has 2 N–H and O–H groups in total. The molecule has 1 aliphatic heterocycles. The van der Waals surface area contributed by atoms with Gasteiger partial charge in [-0.2, -0.15) is 0 Å². The van der Waals surface area contributed by atoms with Crippen LogP contribution in [0.25, 0.3) is 22.6 Å². The number of ether oxygens (including phenoxy) is 2. The topological polar surface area (TPSA) is 120 Å². The number of anilines is 1. The fourth-order valence-electron chi connectivity index (χ4n) is 4.01. The van der Waals surface area contributed by atoms with E-state index in [2.05, 4.69) is 5.32 Å². The van der Waals surface area contributed by atoms with Gasteiger partial charge in [0.15, 0.2) is 11.5 Å². The average Bonchev–Trinajstić information content (AvgIpc) is 3.27. The standard InChI is InChI=1S/C26H23Cl2N3O6/c1-3-36-19-7-5-6-14(22(19)37-4-2)12-15-10-11-31-23(15)30-18-13-16(8-9-17(18)25(31)33)29-24(32)20(27)21(28)26(34)35/h5-9,12-13H,3-4,10-11H2,1-2H3,(H,29,32)(H,34,35)/b15-12?,21-20-. The number of aliphatic carboxylic acids is 1. The minimum absolute atomic E-state index is 0.207. The van der Waals surface area contributed by atoms with Crippen LogP contribution in [0.1, 0.15) is 31.7 Å². The minimum Gasteiger partial charge on any atom is -0.490 e. The molecular formula is C26H23Cl2N3O6. The molecule has 0 bridgehead atoms. The number of carbonyl (C=O) groups excluding carboxylic acids is 1. The van der Waals surface area contributed by atoms with Crippen molar-refractivity contribution in [3.8, 4) is 11.5 Å². The second-order valence-electron chi connectivity index (χ2n) is 7.97. The monoisotopic (exact) mass is 543 g/mol. The molecular weight excluding hydrogens is 521 g/mol. The Morgan fingerprint density at radius 1 is 1.14 bits per heavy atom. The van der Waals surface area contributed by atoms with E-state index in [0.29, 0.717) is 54.4 Å². The molecule has 0 radical (unpaired) electrons. The van der Waals surface area contributed by atoms with Crippen LogP contribution in [0.15, 0.2) is 51.3 Å². The number of carboxylic acid groups (broad SMARTS) is 1. The van der Waals surface area contributed by atoms with Gasteiger partial charge in [-0.05, 0) is 56.2 Å². The Hall–Kier alpha value is -3.82. The van der Waals surface area contributed by atoms with Crippen molar-refractivity contribution in [1.82, 2.24) is 9.55 Å². The fourth-order valence-corrected chi connectivity index (χ4v) is 4.23. The Balaban J connectivity index is 1.75. The normalized spacial score (nSPS) is 14.3. The third kappa shape index (κ3) is 5.33. The van der Waals surface area contributed by atoms with Crippen LogP contribution in [-0.2, 0) is 16.1 Å². The first-order valence-corrected chi connectivity index (χ1v) is 12.2. The highest BCUT2D eigenvalue weighted by molar-refractivity contribution is 6.54. The maximum absolute atomic E-state index is 13.2. The van der Waals surface area contributed by atoms with Gasteiger partial charge in [-0.25, -0.2) is 9.78 Å². The predicted octanol–water partition coefficient (Wildman–Crippen LogP) is 4.85. The molecule has 9 nitrogen and oxygen atoms in total. The van der Waals surface area contributed by atoms with Crippen LogP contribution < -0.4 is 20.3 Å². The SMILES string of the molecule is CCOc1cccc(C=C2CCn3c2nc2cc(NC(=O)/C(Cl)=C(/Cl)C(=O)O)ccc2c3=O)c1OCC. The number of aromatic nitrogens is 2. The number of carboxylic acids is 1. The zero-order chi connectivity index (χ0) is 26.7. The van der Waals surface area contributed by atoms with Crippen LogP contribution in [0.5, 0.6) is 11.5 Å². The Labute approximate surface area is 221 Å². The highest BCUT2D eigenvalue weighted by atomic mass is 35.5. The average molecular weight is 544 g/mol. The van der Waals surface area contributed by atoms with Crippen molar-refractivity contribution in [2.45, 2.75) is 26.8 Å². The van der Waals surface area contributed by atoms with Gasteiger partial charge in [0.25, 0.3) is 11.5 Å². The van der Waals surface area contributed by atoms with Gasteiger partial charge in [-0.1, -0.05) is 35.3 Å². The summed E-state index contributed by atoms with van der Waals surface area (Å²) in [5.74, 6) is -0.654. The van der Waals surface area contributed by atoms with Crippen LogP contribution in [-0.4, -0.2) is 39.7 Å². The van der Waals surface area contributed by atoms with Crippen LogP contribution in [0.3, 0.4) is 0 Å². The molecule has 3 aromatic rings. The summed E-state index contributed by atoms with van der Waals surface area (Å²) < 4.78 is 13.2. The summed E-state index contributed by atoms with van der Waals surface area (Å²) in [6.45, 7) is 5.23. The van der Waals surface area contributed by atoms with Crippen molar-refractivity contribution >= 4 is 63.3 Å². The highest BCUT2D eigenvalue weighted by Gasteiger charge is 2.23. The molecule has 1 aromatic heterocycles. The van der Waals surface area contributed by atoms with E-state index in [1.165, 1.54) is 12.1 Å². The lowest BCUT2D eigenvalue weighted by molar-refractivity contribution is -0.132. The van der Waals surface area contributed by atoms with Gasteiger partial charge in [0.2, 0.25) is 0 Å². The summed E-state index contributed by atoms with van der Waals surface area (Å²) in [7, 11) is 0. The quantitative estimate of drug-likeness (QED) is 0.389. The molecule has 2 heterocycles. The fraction of sp³-hybridized carbons (Fsp3) is 0.231. The smallest absolute Gasteiger partial charge is 0.349 e. The molecule has 0 unspecified atom stereocenters. The molecule has 0 saturated heterocycles. The lowest BCUT2D eigenvalue weighted by Gasteiger charge is -2.14. The molecule has 0 aliphatic carbocycles. The molecule has 0 spiro atoms. The molecule has 1 aliphatic rings. The number of halogens is 2. The predicted molar refractivity (Wildman–Crippen MR) is 142 cm³/mol. The maximum Gasteiger partial charge on any atom is 0.349 e. The Morgan fingerprint density at radius 2 is 1.89 bits per heavy atom. The van der Waals surface area contributed by atoms with Crippen molar-refractivity contribution in [1.29, 1.82) is 0 Å². The summed E-state index contributed by atoms with van der Waals surface area (Å²) in [5.41, 5.74) is 2.08. The summed E-state index contributed by atoms with van der Waals surface area (Å²) in [6, 6.07) is 10.2. The van der Waals surface area contributed by atoms with Crippen molar-refractivity contribution in [2.75, 3.05) is 18.5 Å². The van der Waals surface area contributed by atoms with Gasteiger partial charge >= 0.3 is 5.97 Å². The van der Waals surface area contributed by atoms with Crippen molar-refractivity contribution in [3.63, 3.8) is 0 Å². The number of nitrogens with one attached hydrogen (secondary N) is 1. The van der Waals surface area contributed by atoms with E-state index < -0.39 is 21.9 Å². The number of fused-ring (bicyclic) bond motifs is 2. The van der Waals surface area contributed by atoms with E-state index in [-0.39, 0.29) is 11.2 Å². The van der Waals surface area contributed by atoms with Gasteiger partial charge in [0.05, 0.1) is 24.1 Å². The van der Waals surface area contributed by atoms with Crippen LogP contribution in [0, 0.1) is 0 Å². The largest absolute Gasteiger partial charge is 0.490 e. The van der Waals surface area contributed by atoms with Gasteiger partial charge in [0, 0.05) is 17.8 Å². The number of nitrogens with zero attached hydrogens (tertiary/aromatic N) is 2. The number of amides is 1. The number of rotatable bonds is 8. The first-order valence-electron chi connectivity index (χ1n) is 11.5. The first-order chi connectivity index (χ1) is 17.7. The first kappa shape index (κ1) is 26.2. The van der Waals surface area contributed by atoms with Gasteiger partial charge in [-0.3, -0.25) is 14.2 Å². The van der Waals surface area contributed by atoms with E-state index in [1.807, 2.05) is 38.1 Å². The molecule has 192 valence electrons. The zero-order valence-corrected chi connectivity index (χ0v) is 21.5. The molecule has 37 heavy (non-hydrogen) atoms. The van der Waals surface area contributed by atoms with E-state index in [4.69, 9.17) is 42.8 Å². The number of benzene rings is 2. The van der Waals surface area contributed by atoms with Crippen LogP contribution >= 0.6 is 23.2 Å². The zero-order valence-electron chi connectivity index (χ0n) is 20.0. The van der Waals surface area contributed by atoms with Gasteiger partial charge < -0.3 is 19.9 Å². The third-order valence-corrected chi connectivity index (χ3v) is 6.42. The second-order valence-corrected chi connectivity index (χ2v) is 8.73. The lowest BCUT2D eigenvalue weighted by Crippen LogP contribution is -2.21. The molecule has 11 heteroatoms. The van der Waals surface area contributed by atoms with Crippen LogP contribution in [0.4, 0.5) is 5.69 Å². The molecule has 0 saturated carbocycles. The highest BCUT2D eigenvalue weighted by Crippen LogP contribution is 2.36. The lowest BCUT2D eigenvalue weighted by atomic mass is 10.1. The van der Waals surface area contributed by atoms with Gasteiger partial charge in [0.1, 0.15) is 15.9 Å². The number of carbonyl (C=O) groups is 2.